The van der Waals surface area contributed by atoms with Crippen molar-refractivity contribution in [3.63, 3.8) is 0 Å². The number of imidazole rings is 1. The van der Waals surface area contributed by atoms with Crippen LogP contribution in [-0.4, -0.2) is 23.1 Å². The highest BCUT2D eigenvalue weighted by atomic mass is 15.0. The number of fused-ring (bicyclic) bond motifs is 1. The molecule has 1 fully saturated rings. The zero-order valence-electron chi connectivity index (χ0n) is 9.59. The van der Waals surface area contributed by atoms with Gasteiger partial charge in [0.1, 0.15) is 5.82 Å². The van der Waals surface area contributed by atoms with E-state index in [-0.39, 0.29) is 0 Å². The van der Waals surface area contributed by atoms with Crippen LogP contribution >= 0.6 is 0 Å². The molecule has 2 N–H and O–H groups in total. The fraction of sp³-hybridized carbons (Fsp3) is 0.462. The van der Waals surface area contributed by atoms with E-state index in [2.05, 4.69) is 40.4 Å². The third kappa shape index (κ3) is 1.71. The first kappa shape index (κ1) is 9.85. The second kappa shape index (κ2) is 3.91. The second-order valence-electron chi connectivity index (χ2n) is 4.69. The minimum absolute atomic E-state index is 0.557. The van der Waals surface area contributed by atoms with Gasteiger partial charge in [-0.05, 0) is 44.0 Å². The van der Waals surface area contributed by atoms with Gasteiger partial charge in [-0.2, -0.15) is 0 Å². The summed E-state index contributed by atoms with van der Waals surface area (Å²) in [7, 11) is 0. The van der Waals surface area contributed by atoms with Crippen LogP contribution in [0.5, 0.6) is 0 Å². The second-order valence-corrected chi connectivity index (χ2v) is 4.69. The van der Waals surface area contributed by atoms with Crippen LogP contribution in [0.3, 0.4) is 0 Å². The third-order valence-electron chi connectivity index (χ3n) is 3.34. The summed E-state index contributed by atoms with van der Waals surface area (Å²) in [5, 5.41) is 3.43. The number of benzene rings is 1. The maximum Gasteiger partial charge on any atom is 0.111 e. The molecule has 1 saturated heterocycles. The molecule has 0 amide bonds. The van der Waals surface area contributed by atoms with E-state index in [0.717, 1.165) is 24.4 Å². The number of H-pyrrole nitrogens is 1. The summed E-state index contributed by atoms with van der Waals surface area (Å²) in [5.74, 6) is 1.70. The summed E-state index contributed by atoms with van der Waals surface area (Å²) < 4.78 is 0. The Labute approximate surface area is 95.3 Å². The number of aromatic amines is 1. The molecule has 0 aliphatic carbocycles. The standard InChI is InChI=1S/C13H17N3/c1-9-4-5-11-12(7-9)16-13(15-11)10-3-2-6-14-8-10/h4-5,7,10,14H,2-3,6,8H2,1H3,(H,15,16)/t10-/m0/s1. The van der Waals surface area contributed by atoms with Gasteiger partial charge in [0, 0.05) is 12.5 Å². The molecule has 1 aliphatic heterocycles. The van der Waals surface area contributed by atoms with Gasteiger partial charge >= 0.3 is 0 Å². The number of aromatic nitrogens is 2. The van der Waals surface area contributed by atoms with Gasteiger partial charge in [0.25, 0.3) is 0 Å². The number of aryl methyl sites for hydroxylation is 1. The molecule has 1 aromatic heterocycles. The third-order valence-corrected chi connectivity index (χ3v) is 3.34. The van der Waals surface area contributed by atoms with Gasteiger partial charge in [0.05, 0.1) is 11.0 Å². The van der Waals surface area contributed by atoms with E-state index < -0.39 is 0 Å². The Bertz CT molecular complexity index is 495. The van der Waals surface area contributed by atoms with Crippen molar-refractivity contribution in [2.75, 3.05) is 13.1 Å². The zero-order valence-corrected chi connectivity index (χ0v) is 9.59. The van der Waals surface area contributed by atoms with Crippen molar-refractivity contribution < 1.29 is 0 Å². The Hall–Kier alpha value is -1.35. The number of nitrogens with zero attached hydrogens (tertiary/aromatic N) is 1. The van der Waals surface area contributed by atoms with E-state index in [1.807, 2.05) is 0 Å². The average molecular weight is 215 g/mol. The summed E-state index contributed by atoms with van der Waals surface area (Å²) in [6.07, 6.45) is 2.49. The number of hydrogen-bond acceptors (Lipinski definition) is 2. The van der Waals surface area contributed by atoms with Crippen molar-refractivity contribution in [1.82, 2.24) is 15.3 Å². The predicted molar refractivity (Wildman–Crippen MR) is 65.7 cm³/mol. The van der Waals surface area contributed by atoms with Gasteiger partial charge < -0.3 is 10.3 Å². The lowest BCUT2D eigenvalue weighted by molar-refractivity contribution is 0.449. The van der Waals surface area contributed by atoms with Gasteiger partial charge in [-0.1, -0.05) is 6.07 Å². The molecule has 0 saturated carbocycles. The van der Waals surface area contributed by atoms with Gasteiger partial charge in [0.2, 0.25) is 0 Å². The van der Waals surface area contributed by atoms with Crippen LogP contribution in [-0.2, 0) is 0 Å². The summed E-state index contributed by atoms with van der Waals surface area (Å²) in [6, 6.07) is 6.38. The normalized spacial score (nSPS) is 21.4. The quantitative estimate of drug-likeness (QED) is 0.766. The van der Waals surface area contributed by atoms with Crippen LogP contribution < -0.4 is 5.32 Å². The van der Waals surface area contributed by atoms with Crippen LogP contribution in [0.4, 0.5) is 0 Å². The lowest BCUT2D eigenvalue weighted by Crippen LogP contribution is -2.28. The SMILES string of the molecule is Cc1ccc2nc([C@H]3CCCNC3)[nH]c2c1. The molecule has 0 unspecified atom stereocenters. The lowest BCUT2D eigenvalue weighted by Gasteiger charge is -2.20. The van der Waals surface area contributed by atoms with Crippen LogP contribution in [0.15, 0.2) is 18.2 Å². The average Bonchev–Trinajstić information content (AvgIpc) is 2.73. The molecule has 0 bridgehead atoms. The molecule has 3 nitrogen and oxygen atoms in total. The molecule has 3 rings (SSSR count). The van der Waals surface area contributed by atoms with E-state index >= 15 is 0 Å². The van der Waals surface area contributed by atoms with Gasteiger partial charge in [-0.15, -0.1) is 0 Å². The van der Waals surface area contributed by atoms with E-state index in [9.17, 15) is 0 Å². The number of piperidine rings is 1. The lowest BCUT2D eigenvalue weighted by atomic mass is 9.99. The molecule has 1 aliphatic rings. The fourth-order valence-corrected chi connectivity index (χ4v) is 2.42. The molecular formula is C13H17N3. The van der Waals surface area contributed by atoms with Crippen LogP contribution in [0.1, 0.15) is 30.1 Å². The van der Waals surface area contributed by atoms with Crippen molar-refractivity contribution in [1.29, 1.82) is 0 Å². The van der Waals surface area contributed by atoms with Crippen molar-refractivity contribution >= 4 is 11.0 Å². The Morgan fingerprint density at radius 1 is 1.38 bits per heavy atom. The number of rotatable bonds is 1. The number of hydrogen-bond donors (Lipinski definition) is 2. The minimum Gasteiger partial charge on any atom is -0.342 e. The number of nitrogens with one attached hydrogen (secondary N) is 2. The zero-order chi connectivity index (χ0) is 11.0. The van der Waals surface area contributed by atoms with E-state index in [1.54, 1.807) is 0 Å². The first-order valence-electron chi connectivity index (χ1n) is 6.00. The maximum atomic E-state index is 4.68. The largest absolute Gasteiger partial charge is 0.342 e. The summed E-state index contributed by atoms with van der Waals surface area (Å²) >= 11 is 0. The molecule has 2 aromatic rings. The van der Waals surface area contributed by atoms with E-state index in [1.165, 1.54) is 23.9 Å². The van der Waals surface area contributed by atoms with E-state index in [0.29, 0.717) is 5.92 Å². The van der Waals surface area contributed by atoms with Crippen molar-refractivity contribution in [3.05, 3.63) is 29.6 Å². The molecule has 16 heavy (non-hydrogen) atoms. The molecule has 3 heteroatoms. The van der Waals surface area contributed by atoms with Crippen LogP contribution in [0, 0.1) is 6.92 Å². The van der Waals surface area contributed by atoms with Gasteiger partial charge in [-0.3, -0.25) is 0 Å². The topological polar surface area (TPSA) is 40.7 Å². The van der Waals surface area contributed by atoms with Crippen molar-refractivity contribution in [3.8, 4) is 0 Å². The molecule has 2 heterocycles. The molecular weight excluding hydrogens is 198 g/mol. The molecule has 0 radical (unpaired) electrons. The van der Waals surface area contributed by atoms with Crippen molar-refractivity contribution in [2.24, 2.45) is 0 Å². The molecule has 84 valence electrons. The monoisotopic (exact) mass is 215 g/mol. The van der Waals surface area contributed by atoms with Crippen LogP contribution in [0.2, 0.25) is 0 Å². The first-order chi connectivity index (χ1) is 7.83. The first-order valence-corrected chi connectivity index (χ1v) is 6.00. The highest BCUT2D eigenvalue weighted by molar-refractivity contribution is 5.75. The predicted octanol–water partition coefficient (Wildman–Crippen LogP) is 2.34. The highest BCUT2D eigenvalue weighted by Crippen LogP contribution is 2.23. The van der Waals surface area contributed by atoms with Gasteiger partial charge in [0.15, 0.2) is 0 Å². The molecule has 0 spiro atoms. The summed E-state index contributed by atoms with van der Waals surface area (Å²) in [6.45, 7) is 4.32. The molecule has 1 atom stereocenters. The van der Waals surface area contributed by atoms with Gasteiger partial charge in [-0.25, -0.2) is 4.98 Å². The minimum atomic E-state index is 0.557. The highest BCUT2D eigenvalue weighted by Gasteiger charge is 2.18. The maximum absolute atomic E-state index is 4.68. The molecule has 1 aromatic carbocycles. The Morgan fingerprint density at radius 3 is 3.12 bits per heavy atom. The Balaban J connectivity index is 1.97. The summed E-state index contributed by atoms with van der Waals surface area (Å²) in [5.41, 5.74) is 3.54. The van der Waals surface area contributed by atoms with E-state index in [4.69, 9.17) is 0 Å². The summed E-state index contributed by atoms with van der Waals surface area (Å²) in [4.78, 5) is 8.14. The fourth-order valence-electron chi connectivity index (χ4n) is 2.42. The van der Waals surface area contributed by atoms with Crippen molar-refractivity contribution in [2.45, 2.75) is 25.7 Å². The smallest absolute Gasteiger partial charge is 0.111 e. The Kier molecular flexibility index (Phi) is 2.40. The Morgan fingerprint density at radius 2 is 2.31 bits per heavy atom. The van der Waals surface area contributed by atoms with Crippen LogP contribution in [0.25, 0.3) is 11.0 Å².